The Morgan fingerprint density at radius 1 is 1.17 bits per heavy atom. The van der Waals surface area contributed by atoms with Gasteiger partial charge in [-0.15, -0.1) is 11.3 Å². The maximum atomic E-state index is 5.73. The van der Waals surface area contributed by atoms with E-state index in [1.54, 1.807) is 23.1 Å². The van der Waals surface area contributed by atoms with Crippen LogP contribution in [-0.2, 0) is 19.5 Å². The van der Waals surface area contributed by atoms with Crippen molar-refractivity contribution in [3.8, 4) is 0 Å². The summed E-state index contributed by atoms with van der Waals surface area (Å²) in [5, 5.41) is 4.90. The second kappa shape index (κ2) is 8.49. The third-order valence-electron chi connectivity index (χ3n) is 6.40. The normalized spacial score (nSPS) is 22.8. The molecule has 0 radical (unpaired) electrons. The van der Waals surface area contributed by atoms with Gasteiger partial charge in [0, 0.05) is 19.6 Å². The maximum absolute atomic E-state index is 5.73. The first-order valence-corrected chi connectivity index (χ1v) is 12.8. The Labute approximate surface area is 185 Å². The van der Waals surface area contributed by atoms with E-state index >= 15 is 0 Å². The predicted molar refractivity (Wildman–Crippen MR) is 123 cm³/mol. The van der Waals surface area contributed by atoms with Crippen LogP contribution >= 0.6 is 35.3 Å². The molecular formula is C21H27N5S3. The Kier molecular flexibility index (Phi) is 5.78. The summed E-state index contributed by atoms with van der Waals surface area (Å²) in [5.74, 6) is 2.69. The summed E-state index contributed by atoms with van der Waals surface area (Å²) in [4.78, 5) is 7.37. The number of rotatable bonds is 5. The lowest BCUT2D eigenvalue weighted by molar-refractivity contribution is 0.0322. The van der Waals surface area contributed by atoms with E-state index in [1.807, 2.05) is 17.8 Å². The quantitative estimate of drug-likeness (QED) is 0.385. The van der Waals surface area contributed by atoms with Crippen molar-refractivity contribution in [2.24, 2.45) is 13.0 Å². The molecule has 1 saturated heterocycles. The fraction of sp³-hybridized carbons (Fsp3) is 0.571. The number of thiazole rings is 1. The molecule has 29 heavy (non-hydrogen) atoms. The Morgan fingerprint density at radius 2 is 2.00 bits per heavy atom. The molecule has 2 aromatic heterocycles. The molecule has 5 rings (SSSR count). The Balaban J connectivity index is 1.30. The minimum absolute atomic E-state index is 0.724. The Hall–Kier alpha value is -1.22. The fourth-order valence-corrected chi connectivity index (χ4v) is 7.11. The van der Waals surface area contributed by atoms with Crippen LogP contribution in [0, 0.1) is 10.7 Å². The number of likely N-dealkylation sites (tertiary alicyclic amines) is 1. The predicted octanol–water partition coefficient (Wildman–Crippen LogP) is 5.47. The zero-order valence-electron chi connectivity index (χ0n) is 16.8. The minimum Gasteiger partial charge on any atom is -0.306 e. The summed E-state index contributed by atoms with van der Waals surface area (Å²) in [7, 11) is 2.04. The molecule has 5 nitrogen and oxygen atoms in total. The summed E-state index contributed by atoms with van der Waals surface area (Å²) in [5.41, 5.74) is 1.07. The number of hydrogen-bond donors (Lipinski definition) is 0. The molecule has 1 saturated carbocycles. The molecule has 1 aromatic carbocycles. The third kappa shape index (κ3) is 4.04. The number of thioether (sulfide) groups is 1. The van der Waals surface area contributed by atoms with Gasteiger partial charge in [-0.25, -0.2) is 9.67 Å². The fourth-order valence-electron chi connectivity index (χ4n) is 4.87. The highest BCUT2D eigenvalue weighted by atomic mass is 32.2. The van der Waals surface area contributed by atoms with Gasteiger partial charge in [0.1, 0.15) is 5.82 Å². The molecule has 1 aliphatic heterocycles. The molecule has 154 valence electrons. The standard InChI is InChI=1S/C21H27N5S3/c1-24-19(13-28-20-22-16-9-3-5-11-18(16)29-20)23-26(21(24)27)14-25-12-6-8-15-7-2-4-10-17(15)25/h3,5,9,11,15,17H,2,4,6-8,10,12-14H2,1H3/t15-,17+/m1/s1. The van der Waals surface area contributed by atoms with Crippen molar-refractivity contribution < 1.29 is 0 Å². The van der Waals surface area contributed by atoms with Gasteiger partial charge in [0.05, 0.1) is 22.6 Å². The zero-order chi connectivity index (χ0) is 19.8. The highest BCUT2D eigenvalue weighted by molar-refractivity contribution is 8.00. The van der Waals surface area contributed by atoms with Gasteiger partial charge in [-0.05, 0) is 56.0 Å². The maximum Gasteiger partial charge on any atom is 0.198 e. The van der Waals surface area contributed by atoms with Crippen LogP contribution in [0.4, 0.5) is 0 Å². The Bertz CT molecular complexity index is 1020. The number of para-hydroxylation sites is 1. The average molecular weight is 446 g/mol. The van der Waals surface area contributed by atoms with Gasteiger partial charge in [-0.1, -0.05) is 36.7 Å². The van der Waals surface area contributed by atoms with Gasteiger partial charge in [0.15, 0.2) is 9.11 Å². The van der Waals surface area contributed by atoms with Gasteiger partial charge in [0.25, 0.3) is 0 Å². The number of benzene rings is 1. The van der Waals surface area contributed by atoms with Gasteiger partial charge in [-0.2, -0.15) is 5.10 Å². The van der Waals surface area contributed by atoms with Crippen LogP contribution in [0.15, 0.2) is 28.6 Å². The van der Waals surface area contributed by atoms with Crippen LogP contribution in [0.2, 0.25) is 0 Å². The second-order valence-electron chi connectivity index (χ2n) is 8.20. The highest BCUT2D eigenvalue weighted by Crippen LogP contribution is 2.35. The van der Waals surface area contributed by atoms with Crippen molar-refractivity contribution >= 4 is 45.5 Å². The molecule has 2 fully saturated rings. The monoisotopic (exact) mass is 445 g/mol. The number of hydrogen-bond acceptors (Lipinski definition) is 6. The molecule has 3 aromatic rings. The topological polar surface area (TPSA) is 38.9 Å². The van der Waals surface area contributed by atoms with Gasteiger partial charge in [0.2, 0.25) is 0 Å². The van der Waals surface area contributed by atoms with E-state index in [9.17, 15) is 0 Å². The van der Waals surface area contributed by atoms with E-state index in [4.69, 9.17) is 22.3 Å². The molecule has 2 aliphatic rings. The molecule has 3 heterocycles. The van der Waals surface area contributed by atoms with E-state index in [1.165, 1.54) is 49.8 Å². The van der Waals surface area contributed by atoms with Crippen LogP contribution in [0.5, 0.6) is 0 Å². The molecule has 0 unspecified atom stereocenters. The molecular weight excluding hydrogens is 418 g/mol. The van der Waals surface area contributed by atoms with E-state index < -0.39 is 0 Å². The van der Waals surface area contributed by atoms with Crippen LogP contribution in [0.25, 0.3) is 10.2 Å². The second-order valence-corrected chi connectivity index (χ2v) is 10.8. The van der Waals surface area contributed by atoms with Crippen molar-refractivity contribution in [1.82, 2.24) is 24.2 Å². The van der Waals surface area contributed by atoms with Crippen molar-refractivity contribution in [2.45, 2.75) is 61.3 Å². The molecule has 0 spiro atoms. The number of nitrogens with zero attached hydrogens (tertiary/aromatic N) is 5. The lowest BCUT2D eigenvalue weighted by atomic mass is 9.78. The van der Waals surface area contributed by atoms with E-state index in [-0.39, 0.29) is 0 Å². The molecule has 1 aliphatic carbocycles. The zero-order valence-corrected chi connectivity index (χ0v) is 19.2. The number of fused-ring (bicyclic) bond motifs is 2. The van der Waals surface area contributed by atoms with Crippen LogP contribution in [-0.4, -0.2) is 36.8 Å². The summed E-state index contributed by atoms with van der Waals surface area (Å²) in [6, 6.07) is 9.03. The van der Waals surface area contributed by atoms with Gasteiger partial charge < -0.3 is 4.57 Å². The third-order valence-corrected chi connectivity index (χ3v) is 9.06. The Morgan fingerprint density at radius 3 is 2.90 bits per heavy atom. The first kappa shape index (κ1) is 19.7. The summed E-state index contributed by atoms with van der Waals surface area (Å²) in [6.07, 6.45) is 8.23. The van der Waals surface area contributed by atoms with Crippen LogP contribution < -0.4 is 0 Å². The lowest BCUT2D eigenvalue weighted by Crippen LogP contribution is -2.47. The van der Waals surface area contributed by atoms with Crippen molar-refractivity contribution in [2.75, 3.05) is 6.54 Å². The molecule has 0 amide bonds. The van der Waals surface area contributed by atoms with E-state index in [0.717, 1.165) is 44.8 Å². The minimum atomic E-state index is 0.724. The van der Waals surface area contributed by atoms with Crippen molar-refractivity contribution in [3.05, 3.63) is 34.9 Å². The smallest absolute Gasteiger partial charge is 0.198 e. The van der Waals surface area contributed by atoms with Gasteiger partial charge >= 0.3 is 0 Å². The van der Waals surface area contributed by atoms with E-state index in [2.05, 4.69) is 27.7 Å². The average Bonchev–Trinajstić information content (AvgIpc) is 3.28. The summed E-state index contributed by atoms with van der Waals surface area (Å²) < 4.78 is 7.26. The molecule has 8 heteroatoms. The number of piperidine rings is 1. The SMILES string of the molecule is Cn1c(CSc2nc3ccccc3s2)nn(CN2CCC[C@H]3CCCC[C@@H]32)c1=S. The van der Waals surface area contributed by atoms with Crippen molar-refractivity contribution in [1.29, 1.82) is 0 Å². The summed E-state index contributed by atoms with van der Waals surface area (Å²) in [6.45, 7) is 2.01. The molecule has 0 bridgehead atoms. The van der Waals surface area contributed by atoms with Crippen LogP contribution in [0.1, 0.15) is 44.3 Å². The van der Waals surface area contributed by atoms with E-state index in [0.29, 0.717) is 0 Å². The summed E-state index contributed by atoms with van der Waals surface area (Å²) >= 11 is 9.23. The van der Waals surface area contributed by atoms with Gasteiger partial charge in [-0.3, -0.25) is 4.90 Å². The largest absolute Gasteiger partial charge is 0.306 e. The lowest BCUT2D eigenvalue weighted by Gasteiger charge is -2.43. The molecule has 0 N–H and O–H groups in total. The number of aromatic nitrogens is 4. The highest BCUT2D eigenvalue weighted by Gasteiger charge is 2.33. The first-order chi connectivity index (χ1) is 14.2. The van der Waals surface area contributed by atoms with Crippen LogP contribution in [0.3, 0.4) is 0 Å². The molecule has 2 atom stereocenters. The first-order valence-electron chi connectivity index (χ1n) is 10.5. The van der Waals surface area contributed by atoms with Crippen molar-refractivity contribution in [3.63, 3.8) is 0 Å².